The van der Waals surface area contributed by atoms with Crippen molar-refractivity contribution in [2.45, 2.75) is 25.2 Å². The van der Waals surface area contributed by atoms with E-state index in [2.05, 4.69) is 33.0 Å². The van der Waals surface area contributed by atoms with Gasteiger partial charge in [-0.15, -0.1) is 0 Å². The van der Waals surface area contributed by atoms with E-state index in [-0.39, 0.29) is 12.8 Å². The number of piperidine rings is 1. The number of hydrogen-bond donors (Lipinski definition) is 0. The lowest BCUT2D eigenvalue weighted by molar-refractivity contribution is -0.0548. The summed E-state index contributed by atoms with van der Waals surface area (Å²) < 4.78 is 27.0. The number of nitrogens with zero attached hydrogens (tertiary/aromatic N) is 1. The Balaban J connectivity index is 1.80. The van der Waals surface area contributed by atoms with Gasteiger partial charge in [0.1, 0.15) is 0 Å². The second-order valence-corrected chi connectivity index (χ2v) is 5.49. The molecule has 0 N–H and O–H groups in total. The molecule has 1 aromatic rings. The zero-order valence-corrected chi connectivity index (χ0v) is 11.2. The molecule has 1 nitrogen and oxygen atoms in total. The molecule has 1 fully saturated rings. The van der Waals surface area contributed by atoms with Crippen LogP contribution in [0, 0.1) is 0 Å². The van der Waals surface area contributed by atoms with E-state index in [0.717, 1.165) is 17.4 Å². The van der Waals surface area contributed by atoms with E-state index in [0.29, 0.717) is 13.1 Å². The van der Waals surface area contributed by atoms with Crippen LogP contribution in [0.1, 0.15) is 18.4 Å². The van der Waals surface area contributed by atoms with E-state index in [4.69, 9.17) is 0 Å². The van der Waals surface area contributed by atoms with Crippen molar-refractivity contribution in [3.05, 3.63) is 34.3 Å². The molecule has 1 aromatic carbocycles. The standard InChI is InChI=1S/C13H16BrF2N/c14-12-3-1-2-11(10-12)4-7-17-8-5-13(15,16)6-9-17/h1-3,10H,4-9H2. The molecule has 1 aliphatic heterocycles. The number of benzene rings is 1. The number of rotatable bonds is 3. The lowest BCUT2D eigenvalue weighted by atomic mass is 10.1. The second kappa shape index (κ2) is 5.44. The fourth-order valence-corrected chi connectivity index (χ4v) is 2.53. The van der Waals surface area contributed by atoms with Gasteiger partial charge in [-0.3, -0.25) is 0 Å². The summed E-state index contributed by atoms with van der Waals surface area (Å²) in [7, 11) is 0. The molecule has 4 heteroatoms. The van der Waals surface area contributed by atoms with Crippen LogP contribution in [0.2, 0.25) is 0 Å². The first-order valence-corrected chi connectivity index (χ1v) is 6.69. The van der Waals surface area contributed by atoms with Gasteiger partial charge in [-0.2, -0.15) is 0 Å². The number of likely N-dealkylation sites (tertiary alicyclic amines) is 1. The molecule has 2 rings (SSSR count). The average Bonchev–Trinajstić information content (AvgIpc) is 2.28. The topological polar surface area (TPSA) is 3.24 Å². The summed E-state index contributed by atoms with van der Waals surface area (Å²) in [6.07, 6.45) is 0.933. The van der Waals surface area contributed by atoms with Crippen molar-refractivity contribution >= 4 is 15.9 Å². The van der Waals surface area contributed by atoms with Crippen LogP contribution in [0.25, 0.3) is 0 Å². The third kappa shape index (κ3) is 4.03. The summed E-state index contributed by atoms with van der Waals surface area (Å²) in [5.41, 5.74) is 1.25. The van der Waals surface area contributed by atoms with Gasteiger partial charge in [-0.05, 0) is 24.1 Å². The molecule has 1 aliphatic rings. The first-order valence-electron chi connectivity index (χ1n) is 5.90. The number of halogens is 3. The van der Waals surface area contributed by atoms with Crippen LogP contribution < -0.4 is 0 Å². The maximum atomic E-state index is 13.0. The minimum atomic E-state index is -2.44. The Kier molecular flexibility index (Phi) is 4.15. The maximum absolute atomic E-state index is 13.0. The largest absolute Gasteiger partial charge is 0.303 e. The molecule has 0 radical (unpaired) electrons. The van der Waals surface area contributed by atoms with E-state index >= 15 is 0 Å². The molecule has 0 aliphatic carbocycles. The second-order valence-electron chi connectivity index (χ2n) is 4.58. The molecule has 17 heavy (non-hydrogen) atoms. The van der Waals surface area contributed by atoms with Gasteiger partial charge in [0.05, 0.1) is 0 Å². The van der Waals surface area contributed by atoms with Crippen LogP contribution in [-0.2, 0) is 6.42 Å². The van der Waals surface area contributed by atoms with Crippen LogP contribution in [0.15, 0.2) is 28.7 Å². The Hall–Kier alpha value is -0.480. The molecular formula is C13H16BrF2N. The molecule has 0 atom stereocenters. The van der Waals surface area contributed by atoms with Gasteiger partial charge in [0.2, 0.25) is 0 Å². The molecular weight excluding hydrogens is 288 g/mol. The third-order valence-electron chi connectivity index (χ3n) is 3.19. The minimum Gasteiger partial charge on any atom is -0.303 e. The van der Waals surface area contributed by atoms with Gasteiger partial charge >= 0.3 is 0 Å². The van der Waals surface area contributed by atoms with Crippen LogP contribution in [-0.4, -0.2) is 30.5 Å². The lowest BCUT2D eigenvalue weighted by Gasteiger charge is -2.31. The summed E-state index contributed by atoms with van der Waals surface area (Å²) >= 11 is 3.43. The zero-order chi connectivity index (χ0) is 12.3. The van der Waals surface area contributed by atoms with Crippen molar-refractivity contribution in [1.82, 2.24) is 4.90 Å². The van der Waals surface area contributed by atoms with E-state index in [1.54, 1.807) is 0 Å². The first kappa shape index (κ1) is 13.0. The SMILES string of the molecule is FC1(F)CCN(CCc2cccc(Br)c2)CC1. The summed E-state index contributed by atoms with van der Waals surface area (Å²) in [6, 6.07) is 8.15. The van der Waals surface area contributed by atoms with Gasteiger partial charge < -0.3 is 4.90 Å². The minimum absolute atomic E-state index is 0.00544. The summed E-state index contributed by atoms with van der Waals surface area (Å²) in [6.45, 7) is 1.90. The fraction of sp³-hybridized carbons (Fsp3) is 0.538. The van der Waals surface area contributed by atoms with Crippen molar-refractivity contribution in [1.29, 1.82) is 0 Å². The predicted octanol–water partition coefficient (Wildman–Crippen LogP) is 3.72. The summed E-state index contributed by atoms with van der Waals surface area (Å²) in [5.74, 6) is -2.44. The van der Waals surface area contributed by atoms with Crippen LogP contribution >= 0.6 is 15.9 Å². The Morgan fingerprint density at radius 2 is 1.94 bits per heavy atom. The molecule has 0 aromatic heterocycles. The maximum Gasteiger partial charge on any atom is 0.250 e. The van der Waals surface area contributed by atoms with Gasteiger partial charge in [0.15, 0.2) is 0 Å². The zero-order valence-electron chi connectivity index (χ0n) is 9.63. The van der Waals surface area contributed by atoms with Gasteiger partial charge in [0.25, 0.3) is 5.92 Å². The number of hydrogen-bond acceptors (Lipinski definition) is 1. The van der Waals surface area contributed by atoms with Crippen LogP contribution in [0.5, 0.6) is 0 Å². The Bertz CT molecular complexity index is 371. The predicted molar refractivity (Wildman–Crippen MR) is 68.5 cm³/mol. The van der Waals surface area contributed by atoms with Crippen molar-refractivity contribution < 1.29 is 8.78 Å². The molecule has 1 heterocycles. The smallest absolute Gasteiger partial charge is 0.250 e. The van der Waals surface area contributed by atoms with Crippen molar-refractivity contribution in [3.63, 3.8) is 0 Å². The molecule has 94 valence electrons. The molecule has 0 bridgehead atoms. The van der Waals surface area contributed by atoms with Crippen molar-refractivity contribution in [3.8, 4) is 0 Å². The average molecular weight is 304 g/mol. The molecule has 0 amide bonds. The van der Waals surface area contributed by atoms with E-state index < -0.39 is 5.92 Å². The highest BCUT2D eigenvalue weighted by molar-refractivity contribution is 9.10. The molecule has 0 unspecified atom stereocenters. The van der Waals surface area contributed by atoms with E-state index in [9.17, 15) is 8.78 Å². The Morgan fingerprint density at radius 1 is 1.24 bits per heavy atom. The fourth-order valence-electron chi connectivity index (χ4n) is 2.08. The van der Waals surface area contributed by atoms with Gasteiger partial charge in [0, 0.05) is 36.9 Å². The van der Waals surface area contributed by atoms with E-state index in [1.807, 2.05) is 12.1 Å². The summed E-state index contributed by atoms with van der Waals surface area (Å²) in [5, 5.41) is 0. The quantitative estimate of drug-likeness (QED) is 0.822. The normalized spacial score (nSPS) is 20.4. The third-order valence-corrected chi connectivity index (χ3v) is 3.69. The highest BCUT2D eigenvalue weighted by Gasteiger charge is 2.33. The first-order chi connectivity index (χ1) is 8.05. The van der Waals surface area contributed by atoms with Gasteiger partial charge in [-0.25, -0.2) is 8.78 Å². The summed E-state index contributed by atoms with van der Waals surface area (Å²) in [4.78, 5) is 2.12. The highest BCUT2D eigenvalue weighted by Crippen LogP contribution is 2.27. The van der Waals surface area contributed by atoms with E-state index in [1.165, 1.54) is 5.56 Å². The number of alkyl halides is 2. The van der Waals surface area contributed by atoms with Crippen LogP contribution in [0.4, 0.5) is 8.78 Å². The highest BCUT2D eigenvalue weighted by atomic mass is 79.9. The monoisotopic (exact) mass is 303 g/mol. The van der Waals surface area contributed by atoms with Crippen molar-refractivity contribution in [2.75, 3.05) is 19.6 Å². The Labute approximate surface area is 109 Å². The molecule has 0 saturated carbocycles. The van der Waals surface area contributed by atoms with Gasteiger partial charge in [-0.1, -0.05) is 28.1 Å². The molecule has 0 spiro atoms. The van der Waals surface area contributed by atoms with Crippen molar-refractivity contribution in [2.24, 2.45) is 0 Å². The molecule has 1 saturated heterocycles. The lowest BCUT2D eigenvalue weighted by Crippen LogP contribution is -2.40. The Morgan fingerprint density at radius 3 is 2.59 bits per heavy atom. The van der Waals surface area contributed by atoms with Crippen LogP contribution in [0.3, 0.4) is 0 Å².